The Bertz CT molecular complexity index is 448. The number of H-pyrrole nitrogens is 1. The van der Waals surface area contributed by atoms with Gasteiger partial charge in [-0.2, -0.15) is 0 Å². The van der Waals surface area contributed by atoms with E-state index >= 15 is 0 Å². The van der Waals surface area contributed by atoms with E-state index < -0.39 is 0 Å². The van der Waals surface area contributed by atoms with E-state index in [0.717, 1.165) is 24.1 Å². The number of hydrogen-bond donors (Lipinski definition) is 2. The molecule has 0 aliphatic carbocycles. The molecule has 1 aromatic carbocycles. The van der Waals surface area contributed by atoms with Gasteiger partial charge in [0.05, 0.1) is 7.11 Å². The molecule has 2 aromatic rings. The van der Waals surface area contributed by atoms with Crippen molar-refractivity contribution in [2.45, 2.75) is 12.8 Å². The van der Waals surface area contributed by atoms with Gasteiger partial charge < -0.3 is 15.5 Å². The van der Waals surface area contributed by atoms with Crippen LogP contribution in [0.25, 0.3) is 10.9 Å². The van der Waals surface area contributed by atoms with E-state index in [1.165, 1.54) is 10.9 Å². The zero-order valence-corrected chi connectivity index (χ0v) is 8.92. The zero-order valence-electron chi connectivity index (χ0n) is 8.92. The Morgan fingerprint density at radius 3 is 2.93 bits per heavy atom. The van der Waals surface area contributed by atoms with Crippen molar-refractivity contribution in [2.24, 2.45) is 5.73 Å². The highest BCUT2D eigenvalue weighted by Crippen LogP contribution is 2.28. The van der Waals surface area contributed by atoms with E-state index in [0.29, 0.717) is 6.54 Å². The van der Waals surface area contributed by atoms with Gasteiger partial charge in [-0.15, -0.1) is 0 Å². The molecule has 0 saturated heterocycles. The summed E-state index contributed by atoms with van der Waals surface area (Å²) in [4.78, 5) is 3.20. The van der Waals surface area contributed by atoms with Gasteiger partial charge in [-0.25, -0.2) is 0 Å². The first kappa shape index (κ1) is 10.1. The second-order valence-corrected chi connectivity index (χ2v) is 3.58. The van der Waals surface area contributed by atoms with Crippen LogP contribution in [-0.4, -0.2) is 18.6 Å². The summed E-state index contributed by atoms with van der Waals surface area (Å²) >= 11 is 0. The van der Waals surface area contributed by atoms with Crippen molar-refractivity contribution in [3.05, 3.63) is 30.0 Å². The molecular formula is C12H16N2O. The normalized spacial score (nSPS) is 10.8. The summed E-state index contributed by atoms with van der Waals surface area (Å²) < 4.78 is 5.37. The largest absolute Gasteiger partial charge is 0.496 e. The number of aromatic nitrogens is 1. The Hall–Kier alpha value is -1.48. The lowest BCUT2D eigenvalue weighted by molar-refractivity contribution is 0.410. The summed E-state index contributed by atoms with van der Waals surface area (Å²) in [5.74, 6) is 0.954. The summed E-state index contributed by atoms with van der Waals surface area (Å²) in [6.45, 7) is 0.712. The number of hydrogen-bond acceptors (Lipinski definition) is 2. The number of benzene rings is 1. The lowest BCUT2D eigenvalue weighted by Crippen LogP contribution is -2.01. The van der Waals surface area contributed by atoms with Crippen LogP contribution in [0.4, 0.5) is 0 Å². The molecule has 0 bridgehead atoms. The third-order valence-corrected chi connectivity index (χ3v) is 2.65. The number of nitrogens with one attached hydrogen (secondary N) is 1. The first-order valence-corrected chi connectivity index (χ1v) is 5.20. The molecule has 0 saturated carbocycles. The fourth-order valence-corrected chi connectivity index (χ4v) is 1.90. The van der Waals surface area contributed by atoms with E-state index in [9.17, 15) is 0 Å². The Morgan fingerprint density at radius 2 is 2.20 bits per heavy atom. The van der Waals surface area contributed by atoms with Crippen LogP contribution in [0.1, 0.15) is 12.0 Å². The molecule has 0 unspecified atom stereocenters. The number of rotatable bonds is 4. The number of aromatic amines is 1. The molecule has 3 N–H and O–H groups in total. The number of nitrogens with two attached hydrogens (primary N) is 1. The van der Waals surface area contributed by atoms with Crippen molar-refractivity contribution in [3.63, 3.8) is 0 Å². The Kier molecular flexibility index (Phi) is 2.92. The third kappa shape index (κ3) is 1.83. The second-order valence-electron chi connectivity index (χ2n) is 3.58. The van der Waals surface area contributed by atoms with Crippen molar-refractivity contribution < 1.29 is 4.74 Å². The van der Waals surface area contributed by atoms with Crippen molar-refractivity contribution in [2.75, 3.05) is 13.7 Å². The number of aryl methyl sites for hydroxylation is 1. The third-order valence-electron chi connectivity index (χ3n) is 2.65. The summed E-state index contributed by atoms with van der Waals surface area (Å²) in [6, 6.07) is 6.13. The quantitative estimate of drug-likeness (QED) is 0.801. The van der Waals surface area contributed by atoms with E-state index in [2.05, 4.69) is 11.1 Å². The second kappa shape index (κ2) is 4.36. The fraction of sp³-hybridized carbons (Fsp3) is 0.333. The molecule has 80 valence electrons. The average molecular weight is 204 g/mol. The molecule has 1 heterocycles. The highest BCUT2D eigenvalue weighted by atomic mass is 16.5. The number of methoxy groups -OCH3 is 1. The van der Waals surface area contributed by atoms with Crippen molar-refractivity contribution in [1.82, 2.24) is 4.98 Å². The Balaban J connectivity index is 2.48. The van der Waals surface area contributed by atoms with Gasteiger partial charge in [0.25, 0.3) is 0 Å². The van der Waals surface area contributed by atoms with Crippen LogP contribution in [-0.2, 0) is 6.42 Å². The van der Waals surface area contributed by atoms with Gasteiger partial charge in [0.2, 0.25) is 0 Å². The lowest BCUT2D eigenvalue weighted by Gasteiger charge is -2.09. The molecular weight excluding hydrogens is 188 g/mol. The zero-order chi connectivity index (χ0) is 10.7. The fourth-order valence-electron chi connectivity index (χ4n) is 1.90. The maximum Gasteiger partial charge on any atom is 0.122 e. The van der Waals surface area contributed by atoms with Crippen molar-refractivity contribution >= 4 is 10.9 Å². The Labute approximate surface area is 89.2 Å². The van der Waals surface area contributed by atoms with Gasteiger partial charge >= 0.3 is 0 Å². The molecule has 0 spiro atoms. The number of fused-ring (bicyclic) bond motifs is 1. The van der Waals surface area contributed by atoms with Gasteiger partial charge in [-0.1, -0.05) is 0 Å². The van der Waals surface area contributed by atoms with Crippen LogP contribution >= 0.6 is 0 Å². The summed E-state index contributed by atoms with van der Waals surface area (Å²) in [6.07, 6.45) is 3.91. The molecule has 0 atom stereocenters. The Morgan fingerprint density at radius 1 is 1.33 bits per heavy atom. The first-order chi connectivity index (χ1) is 7.36. The van der Waals surface area contributed by atoms with Crippen LogP contribution < -0.4 is 10.5 Å². The summed E-state index contributed by atoms with van der Waals surface area (Å²) in [5.41, 5.74) is 7.95. The van der Waals surface area contributed by atoms with E-state index in [1.54, 1.807) is 7.11 Å². The van der Waals surface area contributed by atoms with Crippen LogP contribution in [0.3, 0.4) is 0 Å². The molecule has 15 heavy (non-hydrogen) atoms. The smallest absolute Gasteiger partial charge is 0.122 e. The van der Waals surface area contributed by atoms with Gasteiger partial charge in [-0.3, -0.25) is 0 Å². The average Bonchev–Trinajstić information content (AvgIpc) is 2.73. The topological polar surface area (TPSA) is 51.0 Å². The molecule has 2 rings (SSSR count). The van der Waals surface area contributed by atoms with Gasteiger partial charge in [0, 0.05) is 22.7 Å². The van der Waals surface area contributed by atoms with Gasteiger partial charge in [0.15, 0.2) is 0 Å². The monoisotopic (exact) mass is 204 g/mol. The van der Waals surface area contributed by atoms with E-state index in [1.807, 2.05) is 18.3 Å². The van der Waals surface area contributed by atoms with Crippen LogP contribution in [0.5, 0.6) is 5.75 Å². The predicted octanol–water partition coefficient (Wildman–Crippen LogP) is 2.07. The highest BCUT2D eigenvalue weighted by molar-refractivity contribution is 5.85. The molecule has 3 heteroatoms. The molecule has 0 radical (unpaired) electrons. The predicted molar refractivity (Wildman–Crippen MR) is 62.2 cm³/mol. The highest BCUT2D eigenvalue weighted by Gasteiger charge is 2.07. The molecule has 0 aliphatic rings. The van der Waals surface area contributed by atoms with Crippen LogP contribution in [0.2, 0.25) is 0 Å². The standard InChI is InChI=1S/C12H16N2O/c1-15-12-5-4-11-9(6-8-14-11)10(12)3-2-7-13/h4-6,8,14H,2-3,7,13H2,1H3. The van der Waals surface area contributed by atoms with Crippen LogP contribution in [0.15, 0.2) is 24.4 Å². The molecule has 0 amide bonds. The summed E-state index contributed by atoms with van der Waals surface area (Å²) in [7, 11) is 1.71. The summed E-state index contributed by atoms with van der Waals surface area (Å²) in [5, 5.41) is 1.24. The maximum atomic E-state index is 5.54. The van der Waals surface area contributed by atoms with E-state index in [-0.39, 0.29) is 0 Å². The molecule has 3 nitrogen and oxygen atoms in total. The first-order valence-electron chi connectivity index (χ1n) is 5.20. The van der Waals surface area contributed by atoms with E-state index in [4.69, 9.17) is 10.5 Å². The minimum Gasteiger partial charge on any atom is -0.496 e. The van der Waals surface area contributed by atoms with Gasteiger partial charge in [-0.05, 0) is 37.6 Å². The molecule has 0 aliphatic heterocycles. The van der Waals surface area contributed by atoms with Crippen LogP contribution in [0, 0.1) is 0 Å². The molecule has 1 aromatic heterocycles. The minimum absolute atomic E-state index is 0.712. The molecule has 0 fully saturated rings. The number of ether oxygens (including phenoxy) is 1. The lowest BCUT2D eigenvalue weighted by atomic mass is 10.0. The maximum absolute atomic E-state index is 5.54. The van der Waals surface area contributed by atoms with Crippen molar-refractivity contribution in [1.29, 1.82) is 0 Å². The van der Waals surface area contributed by atoms with Gasteiger partial charge in [0.1, 0.15) is 5.75 Å². The minimum atomic E-state index is 0.712. The van der Waals surface area contributed by atoms with Crippen molar-refractivity contribution in [3.8, 4) is 5.75 Å². The SMILES string of the molecule is COc1ccc2[nH]ccc2c1CCCN.